The second kappa shape index (κ2) is 12.1. The minimum Gasteiger partial charge on any atom is -0.480 e. The number of benzene rings is 2. The number of aromatic nitrogens is 5. The zero-order valence-electron chi connectivity index (χ0n) is 24.1. The number of carbonyl (C=O) groups excluding carboxylic acids is 1. The maximum atomic E-state index is 13.2. The Hall–Kier alpha value is -5.47. The van der Waals surface area contributed by atoms with E-state index in [2.05, 4.69) is 20.2 Å². The first kappa shape index (κ1) is 30.6. The number of alkyl halides is 3. The fraction of sp³-hybridized carbons (Fsp3) is 0.290. The third kappa shape index (κ3) is 5.95. The highest BCUT2D eigenvalue weighted by Crippen LogP contribution is 2.36. The lowest BCUT2D eigenvalue weighted by Crippen LogP contribution is -2.42. The van der Waals surface area contributed by atoms with Gasteiger partial charge in [-0.25, -0.2) is 19.3 Å². The molecule has 3 heterocycles. The molecule has 3 aromatic heterocycles. The molecule has 1 atom stereocenters. The van der Waals surface area contributed by atoms with Gasteiger partial charge in [0.05, 0.1) is 28.5 Å². The van der Waals surface area contributed by atoms with E-state index in [9.17, 15) is 37.8 Å². The second-order valence-electron chi connectivity index (χ2n) is 11.0. The molecule has 0 spiro atoms. The maximum Gasteiger partial charge on any atom is 0.437 e. The van der Waals surface area contributed by atoms with Crippen molar-refractivity contribution in [3.8, 4) is 17.1 Å². The van der Waals surface area contributed by atoms with Gasteiger partial charge in [0.25, 0.3) is 5.91 Å². The number of imidazole rings is 1. The van der Waals surface area contributed by atoms with Gasteiger partial charge < -0.3 is 24.5 Å². The van der Waals surface area contributed by atoms with Crippen LogP contribution in [0, 0.1) is 0 Å². The summed E-state index contributed by atoms with van der Waals surface area (Å²) in [5.74, 6) is -3.07. The zero-order chi connectivity index (χ0) is 32.6. The largest absolute Gasteiger partial charge is 0.480 e. The third-order valence-corrected chi connectivity index (χ3v) is 8.04. The topological polar surface area (TPSA) is 165 Å². The van der Waals surface area contributed by atoms with Crippen LogP contribution >= 0.6 is 0 Å². The Balaban J connectivity index is 1.22. The monoisotopic (exact) mass is 636 g/mol. The van der Waals surface area contributed by atoms with Crippen LogP contribution in [-0.2, 0) is 17.4 Å². The van der Waals surface area contributed by atoms with Crippen LogP contribution in [0.3, 0.4) is 0 Å². The van der Waals surface area contributed by atoms with Crippen LogP contribution in [0.1, 0.15) is 70.2 Å². The number of nitrogens with zero attached hydrogens (tertiary/aromatic N) is 5. The molecule has 12 nitrogen and oxygen atoms in total. The molecule has 5 aromatic rings. The number of amides is 1. The minimum absolute atomic E-state index is 0.0317. The Labute approximate surface area is 258 Å². The molecule has 0 aliphatic heterocycles. The van der Waals surface area contributed by atoms with E-state index in [1.807, 2.05) is 12.1 Å². The molecule has 0 saturated heterocycles. The van der Waals surface area contributed by atoms with E-state index in [0.717, 1.165) is 42.6 Å². The molecule has 1 aliphatic carbocycles. The van der Waals surface area contributed by atoms with Crippen LogP contribution in [0.15, 0.2) is 65.5 Å². The third-order valence-electron chi connectivity index (χ3n) is 8.04. The Kier molecular flexibility index (Phi) is 8.06. The van der Waals surface area contributed by atoms with E-state index in [1.54, 1.807) is 24.7 Å². The van der Waals surface area contributed by atoms with Crippen molar-refractivity contribution in [2.75, 3.05) is 0 Å². The van der Waals surface area contributed by atoms with Crippen LogP contribution < -0.4 is 5.32 Å². The first-order valence-electron chi connectivity index (χ1n) is 14.4. The average Bonchev–Trinajstić information content (AvgIpc) is 3.79. The van der Waals surface area contributed by atoms with E-state index in [4.69, 9.17) is 9.40 Å². The van der Waals surface area contributed by atoms with Gasteiger partial charge in [-0.15, -0.1) is 5.10 Å². The summed E-state index contributed by atoms with van der Waals surface area (Å²) in [5.41, 5.74) is 0.0479. The lowest BCUT2D eigenvalue weighted by atomic mass is 9.95. The molecule has 0 unspecified atom stereocenters. The highest BCUT2D eigenvalue weighted by atomic mass is 19.4. The molecule has 0 bridgehead atoms. The molecule has 238 valence electrons. The fourth-order valence-corrected chi connectivity index (χ4v) is 5.84. The van der Waals surface area contributed by atoms with Gasteiger partial charge in [-0.3, -0.25) is 4.79 Å². The second-order valence-corrected chi connectivity index (χ2v) is 11.0. The normalized spacial score (nSPS) is 14.8. The quantitative estimate of drug-likeness (QED) is 0.189. The lowest BCUT2D eigenvalue weighted by molar-refractivity contribution is -0.142. The first-order valence-corrected chi connectivity index (χ1v) is 14.4. The van der Waals surface area contributed by atoms with E-state index < -0.39 is 41.5 Å². The number of carbonyl (C=O) groups is 3. The number of rotatable bonds is 9. The molecule has 3 N–H and O–H groups in total. The van der Waals surface area contributed by atoms with Crippen molar-refractivity contribution in [3.05, 3.63) is 83.6 Å². The van der Waals surface area contributed by atoms with Gasteiger partial charge in [0.1, 0.15) is 18.1 Å². The summed E-state index contributed by atoms with van der Waals surface area (Å²) in [6.45, 7) is 0. The maximum absolute atomic E-state index is 13.2. The number of fused-ring (bicyclic) bond motifs is 1. The number of halogens is 3. The van der Waals surface area contributed by atoms with Crippen LogP contribution in [0.25, 0.3) is 28.1 Å². The highest BCUT2D eigenvalue weighted by molar-refractivity contribution is 5.99. The number of carboxylic acid groups (broad SMARTS) is 2. The van der Waals surface area contributed by atoms with Gasteiger partial charge in [-0.2, -0.15) is 13.2 Å². The van der Waals surface area contributed by atoms with Crippen LogP contribution in [0.5, 0.6) is 0 Å². The predicted molar refractivity (Wildman–Crippen MR) is 155 cm³/mol. The van der Waals surface area contributed by atoms with Gasteiger partial charge in [0, 0.05) is 18.0 Å². The molecule has 1 aliphatic rings. The van der Waals surface area contributed by atoms with E-state index in [-0.39, 0.29) is 23.7 Å². The van der Waals surface area contributed by atoms with Gasteiger partial charge >= 0.3 is 18.1 Å². The number of aliphatic carboxylic acids is 1. The van der Waals surface area contributed by atoms with Crippen molar-refractivity contribution in [2.24, 2.45) is 0 Å². The highest BCUT2D eigenvalue weighted by Gasteiger charge is 2.41. The summed E-state index contributed by atoms with van der Waals surface area (Å²) in [7, 11) is 0. The zero-order valence-corrected chi connectivity index (χ0v) is 24.1. The van der Waals surface area contributed by atoms with Crippen molar-refractivity contribution in [1.82, 2.24) is 29.9 Å². The van der Waals surface area contributed by atoms with Crippen LogP contribution in [0.4, 0.5) is 13.2 Å². The van der Waals surface area contributed by atoms with Crippen molar-refractivity contribution in [3.63, 3.8) is 0 Å². The van der Waals surface area contributed by atoms with E-state index in [1.165, 1.54) is 30.7 Å². The smallest absolute Gasteiger partial charge is 0.437 e. The molecule has 15 heteroatoms. The predicted octanol–water partition coefficient (Wildman–Crippen LogP) is 5.52. The van der Waals surface area contributed by atoms with Crippen molar-refractivity contribution >= 4 is 28.9 Å². The van der Waals surface area contributed by atoms with Crippen LogP contribution in [-0.4, -0.2) is 58.6 Å². The SMILES string of the molecule is O=C(N[C@@H](Cc1ccc(-n2nnc(C(F)(F)F)c2C(=O)O)cc1)C(=O)O)c1ccc2c(c1)nc(-c1ccoc1)n2C1CCCCC1. The Morgan fingerprint density at radius 3 is 2.39 bits per heavy atom. The van der Waals surface area contributed by atoms with Gasteiger partial charge in [-0.1, -0.05) is 36.6 Å². The summed E-state index contributed by atoms with van der Waals surface area (Å²) < 4.78 is 47.6. The molecule has 46 heavy (non-hydrogen) atoms. The van der Waals surface area contributed by atoms with Gasteiger partial charge in [-0.05, 0) is 54.8 Å². The van der Waals surface area contributed by atoms with Gasteiger partial charge in [0.2, 0.25) is 5.69 Å². The minimum atomic E-state index is -5.03. The molecule has 0 radical (unpaired) electrons. The molecule has 2 aromatic carbocycles. The van der Waals surface area contributed by atoms with Crippen molar-refractivity contribution < 1.29 is 42.2 Å². The first-order chi connectivity index (χ1) is 22.0. The molecular weight excluding hydrogens is 609 g/mol. The van der Waals surface area contributed by atoms with Gasteiger partial charge in [0.15, 0.2) is 5.69 Å². The molecular formula is C31H27F3N6O6. The summed E-state index contributed by atoms with van der Waals surface area (Å²) >= 11 is 0. The molecule has 1 amide bonds. The average molecular weight is 637 g/mol. The number of carboxylic acids is 2. The Morgan fingerprint density at radius 2 is 1.76 bits per heavy atom. The standard InChI is InChI=1S/C31H27F3N6O6/c32-31(33,34)26-25(30(44)45)40(38-37-26)21-9-6-17(7-10-21)14-23(29(42)43)36-28(41)18-8-11-24-22(15-18)35-27(19-12-13-46-16-19)39(24)20-4-2-1-3-5-20/h6-13,15-16,20,23H,1-5,14H2,(H,36,41)(H,42,43)(H,44,45)/t23-/m0/s1. The molecule has 1 fully saturated rings. The van der Waals surface area contributed by atoms with Crippen molar-refractivity contribution in [1.29, 1.82) is 0 Å². The van der Waals surface area contributed by atoms with Crippen LogP contribution in [0.2, 0.25) is 0 Å². The number of hydrogen-bond donors (Lipinski definition) is 3. The Morgan fingerprint density at radius 1 is 1.02 bits per heavy atom. The number of furan rings is 1. The fourth-order valence-electron chi connectivity index (χ4n) is 5.84. The summed E-state index contributed by atoms with van der Waals surface area (Å²) in [6.07, 6.45) is 3.42. The van der Waals surface area contributed by atoms with Crippen molar-refractivity contribution in [2.45, 2.75) is 56.8 Å². The van der Waals surface area contributed by atoms with E-state index >= 15 is 0 Å². The van der Waals surface area contributed by atoms with E-state index in [0.29, 0.717) is 15.8 Å². The summed E-state index contributed by atoms with van der Waals surface area (Å²) in [5, 5.41) is 28.0. The number of hydrogen-bond acceptors (Lipinski definition) is 7. The summed E-state index contributed by atoms with van der Waals surface area (Å²) in [6, 6.07) is 11.1. The molecule has 1 saturated carbocycles. The summed E-state index contributed by atoms with van der Waals surface area (Å²) in [4.78, 5) is 41.7. The number of nitrogens with one attached hydrogen (secondary N) is 1. The Bertz CT molecular complexity index is 1910. The number of aromatic carboxylic acids is 1. The molecule has 6 rings (SSSR count). The lowest BCUT2D eigenvalue weighted by Gasteiger charge is -2.25.